The van der Waals surface area contributed by atoms with Gasteiger partial charge in [-0.25, -0.2) is 0 Å². The largest absolute Gasteiger partial charge is 0.340 e. The number of hydrogen-bond donors (Lipinski definition) is 2. The fourth-order valence-corrected chi connectivity index (χ4v) is 3.95. The van der Waals surface area contributed by atoms with Crippen LogP contribution in [0.25, 0.3) is 10.9 Å². The standard InChI is InChI=1S/C19H18ClN3O3/c20-12-6-3-5-11-16(10-4-1-2-7-13(10)21-17(11)12)19(26)22-14-8-9-15(24)23-18(14)25/h3,5-6,14H,1-2,4,7-9H2,(H,22,26)(H,23,24,25). The van der Waals surface area contributed by atoms with Crippen molar-refractivity contribution >= 4 is 40.2 Å². The number of piperidine rings is 1. The summed E-state index contributed by atoms with van der Waals surface area (Å²) in [6.45, 7) is 0. The van der Waals surface area contributed by atoms with E-state index in [-0.39, 0.29) is 18.2 Å². The number of rotatable bonds is 2. The Balaban J connectivity index is 1.77. The molecule has 1 unspecified atom stereocenters. The fraction of sp³-hybridized carbons (Fsp3) is 0.368. The summed E-state index contributed by atoms with van der Waals surface area (Å²) < 4.78 is 0. The number of benzene rings is 1. The molecule has 6 nitrogen and oxygen atoms in total. The maximum atomic E-state index is 13.1. The molecule has 134 valence electrons. The number of nitrogens with zero attached hydrogens (tertiary/aromatic N) is 1. The monoisotopic (exact) mass is 371 g/mol. The Bertz CT molecular complexity index is 941. The number of fused-ring (bicyclic) bond motifs is 2. The van der Waals surface area contributed by atoms with E-state index in [1.165, 1.54) is 0 Å². The van der Waals surface area contributed by atoms with Gasteiger partial charge in [-0.2, -0.15) is 0 Å². The molecule has 2 aliphatic rings. The van der Waals surface area contributed by atoms with Crippen LogP contribution in [0.2, 0.25) is 5.02 Å². The van der Waals surface area contributed by atoms with Gasteiger partial charge >= 0.3 is 0 Å². The zero-order valence-corrected chi connectivity index (χ0v) is 14.9. The molecule has 7 heteroatoms. The van der Waals surface area contributed by atoms with Crippen molar-refractivity contribution in [1.82, 2.24) is 15.6 Å². The zero-order valence-electron chi connectivity index (χ0n) is 14.1. The fourth-order valence-electron chi connectivity index (χ4n) is 3.73. The average molecular weight is 372 g/mol. The van der Waals surface area contributed by atoms with Gasteiger partial charge in [-0.15, -0.1) is 0 Å². The summed E-state index contributed by atoms with van der Waals surface area (Å²) in [6, 6.07) is 4.68. The van der Waals surface area contributed by atoms with Crippen LogP contribution in [-0.4, -0.2) is 28.7 Å². The number of aromatic nitrogens is 1. The first-order valence-corrected chi connectivity index (χ1v) is 9.17. The number of pyridine rings is 1. The second kappa shape index (κ2) is 6.68. The Hall–Kier alpha value is -2.47. The molecule has 4 rings (SSSR count). The van der Waals surface area contributed by atoms with Crippen molar-refractivity contribution in [3.05, 3.63) is 40.0 Å². The van der Waals surface area contributed by atoms with Crippen molar-refractivity contribution in [1.29, 1.82) is 0 Å². The van der Waals surface area contributed by atoms with E-state index in [1.54, 1.807) is 12.1 Å². The number of carbonyl (C=O) groups is 3. The lowest BCUT2D eigenvalue weighted by molar-refractivity contribution is -0.134. The quantitative estimate of drug-likeness (QED) is 0.793. The van der Waals surface area contributed by atoms with Crippen LogP contribution in [-0.2, 0) is 22.4 Å². The predicted molar refractivity (Wildman–Crippen MR) is 97.0 cm³/mol. The van der Waals surface area contributed by atoms with Crippen molar-refractivity contribution in [2.24, 2.45) is 0 Å². The van der Waals surface area contributed by atoms with E-state index < -0.39 is 11.9 Å². The molecule has 1 aliphatic carbocycles. The summed E-state index contributed by atoms with van der Waals surface area (Å²) >= 11 is 6.31. The zero-order chi connectivity index (χ0) is 18.3. The van der Waals surface area contributed by atoms with Crippen molar-refractivity contribution in [2.75, 3.05) is 0 Å². The molecular weight excluding hydrogens is 354 g/mol. The van der Waals surface area contributed by atoms with Crippen LogP contribution in [0, 0.1) is 0 Å². The lowest BCUT2D eigenvalue weighted by Gasteiger charge is -2.24. The molecule has 1 saturated heterocycles. The molecule has 2 heterocycles. The van der Waals surface area contributed by atoms with E-state index in [9.17, 15) is 14.4 Å². The molecule has 2 aromatic rings. The highest BCUT2D eigenvalue weighted by Crippen LogP contribution is 2.32. The summed E-state index contributed by atoms with van der Waals surface area (Å²) in [5.41, 5.74) is 3.02. The minimum absolute atomic E-state index is 0.220. The molecule has 0 saturated carbocycles. The summed E-state index contributed by atoms with van der Waals surface area (Å²) in [5.74, 6) is -1.08. The van der Waals surface area contributed by atoms with Gasteiger partial charge in [-0.1, -0.05) is 23.7 Å². The van der Waals surface area contributed by atoms with Crippen LogP contribution in [0.1, 0.15) is 47.3 Å². The van der Waals surface area contributed by atoms with Gasteiger partial charge in [0.1, 0.15) is 6.04 Å². The van der Waals surface area contributed by atoms with Gasteiger partial charge in [0, 0.05) is 17.5 Å². The van der Waals surface area contributed by atoms with E-state index in [0.29, 0.717) is 27.9 Å². The molecule has 2 N–H and O–H groups in total. The Labute approximate surface area is 155 Å². The van der Waals surface area contributed by atoms with Crippen LogP contribution >= 0.6 is 11.6 Å². The molecule has 3 amide bonds. The van der Waals surface area contributed by atoms with Gasteiger partial charge in [0.15, 0.2) is 0 Å². The maximum Gasteiger partial charge on any atom is 0.252 e. The third-order valence-electron chi connectivity index (χ3n) is 5.01. The van der Waals surface area contributed by atoms with E-state index in [1.807, 2.05) is 6.07 Å². The molecule has 0 spiro atoms. The lowest BCUT2D eigenvalue weighted by atomic mass is 9.89. The van der Waals surface area contributed by atoms with E-state index in [2.05, 4.69) is 10.6 Å². The SMILES string of the molecule is O=C1CCC(NC(=O)c2c3c(nc4c(Cl)cccc24)CCCC3)C(=O)N1. The van der Waals surface area contributed by atoms with Crippen molar-refractivity contribution in [2.45, 2.75) is 44.6 Å². The first kappa shape index (κ1) is 17.0. The highest BCUT2D eigenvalue weighted by Gasteiger charge is 2.30. The molecular formula is C19H18ClN3O3. The number of para-hydroxylation sites is 1. The third-order valence-corrected chi connectivity index (χ3v) is 5.32. The van der Waals surface area contributed by atoms with E-state index in [0.717, 1.165) is 36.9 Å². The number of aryl methyl sites for hydroxylation is 1. The number of nitrogens with one attached hydrogen (secondary N) is 2. The molecule has 1 aliphatic heterocycles. The second-order valence-corrected chi connectivity index (χ2v) is 7.14. The van der Waals surface area contributed by atoms with Gasteiger partial charge in [0.05, 0.1) is 16.1 Å². The maximum absolute atomic E-state index is 13.1. The van der Waals surface area contributed by atoms with Crippen LogP contribution < -0.4 is 10.6 Å². The minimum Gasteiger partial charge on any atom is -0.340 e. The first-order chi connectivity index (χ1) is 12.5. The van der Waals surface area contributed by atoms with Crippen molar-refractivity contribution in [3.8, 4) is 0 Å². The topological polar surface area (TPSA) is 88.2 Å². The lowest BCUT2D eigenvalue weighted by Crippen LogP contribution is -2.52. The van der Waals surface area contributed by atoms with Crippen LogP contribution in [0.3, 0.4) is 0 Å². The molecule has 1 atom stereocenters. The minimum atomic E-state index is -0.707. The molecule has 26 heavy (non-hydrogen) atoms. The smallest absolute Gasteiger partial charge is 0.252 e. The Kier molecular flexibility index (Phi) is 4.36. The number of carbonyl (C=O) groups excluding carboxylic acids is 3. The highest BCUT2D eigenvalue weighted by atomic mass is 35.5. The van der Waals surface area contributed by atoms with E-state index >= 15 is 0 Å². The summed E-state index contributed by atoms with van der Waals surface area (Å²) in [6.07, 6.45) is 4.15. The summed E-state index contributed by atoms with van der Waals surface area (Å²) in [5, 5.41) is 6.26. The molecule has 1 aromatic heterocycles. The highest BCUT2D eigenvalue weighted by molar-refractivity contribution is 6.35. The normalized spacial score (nSPS) is 19.8. The van der Waals surface area contributed by atoms with E-state index in [4.69, 9.17) is 16.6 Å². The Morgan fingerprint density at radius 2 is 2.00 bits per heavy atom. The summed E-state index contributed by atoms with van der Waals surface area (Å²) in [4.78, 5) is 41.1. The van der Waals surface area contributed by atoms with Gasteiger partial charge in [0.25, 0.3) is 5.91 Å². The molecule has 0 radical (unpaired) electrons. The number of hydrogen-bond acceptors (Lipinski definition) is 4. The van der Waals surface area contributed by atoms with Gasteiger partial charge in [-0.3, -0.25) is 24.7 Å². The number of amides is 3. The second-order valence-electron chi connectivity index (χ2n) is 6.73. The van der Waals surface area contributed by atoms with Crippen LogP contribution in [0.15, 0.2) is 18.2 Å². The predicted octanol–water partition coefficient (Wildman–Crippen LogP) is 2.30. The Morgan fingerprint density at radius 1 is 1.19 bits per heavy atom. The molecule has 1 aromatic carbocycles. The van der Waals surface area contributed by atoms with Gasteiger partial charge in [0.2, 0.25) is 11.8 Å². The summed E-state index contributed by atoms with van der Waals surface area (Å²) in [7, 11) is 0. The number of imide groups is 1. The van der Waals surface area contributed by atoms with Crippen molar-refractivity contribution in [3.63, 3.8) is 0 Å². The Morgan fingerprint density at radius 3 is 2.81 bits per heavy atom. The third kappa shape index (κ3) is 2.94. The van der Waals surface area contributed by atoms with Crippen molar-refractivity contribution < 1.29 is 14.4 Å². The van der Waals surface area contributed by atoms with Gasteiger partial charge in [-0.05, 0) is 43.7 Å². The van der Waals surface area contributed by atoms with Crippen LogP contribution in [0.5, 0.6) is 0 Å². The molecule has 0 bridgehead atoms. The van der Waals surface area contributed by atoms with Crippen LogP contribution in [0.4, 0.5) is 0 Å². The molecule has 1 fully saturated rings. The average Bonchev–Trinajstić information content (AvgIpc) is 2.62. The first-order valence-electron chi connectivity index (χ1n) is 8.79. The number of halogens is 1. The van der Waals surface area contributed by atoms with Gasteiger partial charge < -0.3 is 5.32 Å².